The summed E-state index contributed by atoms with van der Waals surface area (Å²) in [6.45, 7) is 3.56. The molecule has 0 spiro atoms. The van der Waals surface area contributed by atoms with Gasteiger partial charge in [-0.1, -0.05) is 18.2 Å². The van der Waals surface area contributed by atoms with Gasteiger partial charge < -0.3 is 9.64 Å². The first kappa shape index (κ1) is 17.9. The SMILES string of the molecule is N#Cc1ccc(CN2CCN(C(=O)COc3cccc(F)c3)CC2)cc1. The maximum Gasteiger partial charge on any atom is 0.260 e. The molecule has 5 nitrogen and oxygen atoms in total. The predicted molar refractivity (Wildman–Crippen MR) is 94.9 cm³/mol. The summed E-state index contributed by atoms with van der Waals surface area (Å²) in [5, 5.41) is 8.83. The summed E-state index contributed by atoms with van der Waals surface area (Å²) in [6.07, 6.45) is 0. The molecular formula is C20H20FN3O2. The van der Waals surface area contributed by atoms with Gasteiger partial charge in [-0.3, -0.25) is 9.69 Å². The summed E-state index contributed by atoms with van der Waals surface area (Å²) in [5.41, 5.74) is 1.81. The van der Waals surface area contributed by atoms with Gasteiger partial charge in [-0.2, -0.15) is 5.26 Å². The number of hydrogen-bond donors (Lipinski definition) is 0. The number of rotatable bonds is 5. The largest absolute Gasteiger partial charge is 0.484 e. The number of carbonyl (C=O) groups excluding carboxylic acids is 1. The lowest BCUT2D eigenvalue weighted by molar-refractivity contribution is -0.135. The lowest BCUT2D eigenvalue weighted by Gasteiger charge is -2.34. The Balaban J connectivity index is 1.44. The van der Waals surface area contributed by atoms with Gasteiger partial charge in [0.2, 0.25) is 0 Å². The Hall–Kier alpha value is -2.91. The van der Waals surface area contributed by atoms with Crippen molar-refractivity contribution in [3.8, 4) is 11.8 Å². The third kappa shape index (κ3) is 4.80. The summed E-state index contributed by atoms with van der Waals surface area (Å²) in [4.78, 5) is 16.3. The molecule has 3 rings (SSSR count). The molecule has 0 atom stereocenters. The molecule has 2 aromatic rings. The zero-order valence-corrected chi connectivity index (χ0v) is 14.4. The highest BCUT2D eigenvalue weighted by atomic mass is 19.1. The average molecular weight is 353 g/mol. The van der Waals surface area contributed by atoms with Crippen molar-refractivity contribution in [3.63, 3.8) is 0 Å². The first-order valence-corrected chi connectivity index (χ1v) is 8.51. The Morgan fingerprint density at radius 1 is 1.12 bits per heavy atom. The topological polar surface area (TPSA) is 56.6 Å². The minimum atomic E-state index is -0.383. The Kier molecular flexibility index (Phi) is 5.82. The molecule has 2 aromatic carbocycles. The molecule has 0 bridgehead atoms. The predicted octanol–water partition coefficient (Wildman–Crippen LogP) is 2.42. The van der Waals surface area contributed by atoms with Gasteiger partial charge in [-0.15, -0.1) is 0 Å². The number of piperazine rings is 1. The van der Waals surface area contributed by atoms with Crippen molar-refractivity contribution in [2.45, 2.75) is 6.54 Å². The van der Waals surface area contributed by atoms with Gasteiger partial charge in [0.1, 0.15) is 11.6 Å². The van der Waals surface area contributed by atoms with Gasteiger partial charge in [0, 0.05) is 38.8 Å². The maximum absolute atomic E-state index is 13.1. The lowest BCUT2D eigenvalue weighted by atomic mass is 10.1. The number of amides is 1. The lowest BCUT2D eigenvalue weighted by Crippen LogP contribution is -2.49. The molecule has 1 heterocycles. The molecule has 0 N–H and O–H groups in total. The third-order valence-electron chi connectivity index (χ3n) is 4.37. The highest BCUT2D eigenvalue weighted by Crippen LogP contribution is 2.13. The Morgan fingerprint density at radius 3 is 2.50 bits per heavy atom. The molecule has 134 valence electrons. The van der Waals surface area contributed by atoms with Crippen molar-refractivity contribution in [2.75, 3.05) is 32.8 Å². The number of nitriles is 1. The van der Waals surface area contributed by atoms with Crippen molar-refractivity contribution >= 4 is 5.91 Å². The van der Waals surface area contributed by atoms with Gasteiger partial charge >= 0.3 is 0 Å². The van der Waals surface area contributed by atoms with E-state index in [1.165, 1.54) is 12.1 Å². The van der Waals surface area contributed by atoms with Crippen LogP contribution in [0.4, 0.5) is 4.39 Å². The molecule has 1 saturated heterocycles. The molecule has 0 aliphatic carbocycles. The Labute approximate surface area is 152 Å². The van der Waals surface area contributed by atoms with Crippen molar-refractivity contribution in [2.24, 2.45) is 0 Å². The van der Waals surface area contributed by atoms with E-state index in [1.54, 1.807) is 17.0 Å². The second-order valence-electron chi connectivity index (χ2n) is 6.21. The van der Waals surface area contributed by atoms with E-state index in [2.05, 4.69) is 11.0 Å². The fraction of sp³-hybridized carbons (Fsp3) is 0.300. The van der Waals surface area contributed by atoms with Crippen LogP contribution >= 0.6 is 0 Å². The van der Waals surface area contributed by atoms with Gasteiger partial charge in [0.25, 0.3) is 5.91 Å². The molecule has 0 radical (unpaired) electrons. The van der Waals surface area contributed by atoms with Crippen LogP contribution in [0.5, 0.6) is 5.75 Å². The molecule has 6 heteroatoms. The van der Waals surface area contributed by atoms with Crippen LogP contribution in [0.25, 0.3) is 0 Å². The highest BCUT2D eigenvalue weighted by Gasteiger charge is 2.21. The molecule has 0 saturated carbocycles. The van der Waals surface area contributed by atoms with Crippen LogP contribution in [0.15, 0.2) is 48.5 Å². The normalized spacial score (nSPS) is 14.7. The molecule has 26 heavy (non-hydrogen) atoms. The number of ether oxygens (including phenoxy) is 1. The van der Waals surface area contributed by atoms with E-state index in [0.717, 1.165) is 25.2 Å². The fourth-order valence-corrected chi connectivity index (χ4v) is 2.89. The number of nitrogens with zero attached hydrogens (tertiary/aromatic N) is 3. The Bertz CT molecular complexity index is 793. The quantitative estimate of drug-likeness (QED) is 0.828. The second kappa shape index (κ2) is 8.45. The highest BCUT2D eigenvalue weighted by molar-refractivity contribution is 5.77. The molecule has 1 aliphatic heterocycles. The van der Waals surface area contributed by atoms with Crippen LogP contribution in [0.1, 0.15) is 11.1 Å². The summed E-state index contributed by atoms with van der Waals surface area (Å²) in [5.74, 6) is -0.114. The Morgan fingerprint density at radius 2 is 1.85 bits per heavy atom. The second-order valence-corrected chi connectivity index (χ2v) is 6.21. The summed E-state index contributed by atoms with van der Waals surface area (Å²) >= 11 is 0. The van der Waals surface area contributed by atoms with Crippen LogP contribution in [0.3, 0.4) is 0 Å². The van der Waals surface area contributed by atoms with Crippen molar-refractivity contribution < 1.29 is 13.9 Å². The first-order chi connectivity index (χ1) is 12.6. The van der Waals surface area contributed by atoms with Crippen LogP contribution in [0, 0.1) is 17.1 Å². The van der Waals surface area contributed by atoms with Gasteiger partial charge in [-0.05, 0) is 29.8 Å². The third-order valence-corrected chi connectivity index (χ3v) is 4.37. The molecule has 0 aromatic heterocycles. The van der Waals surface area contributed by atoms with Gasteiger partial charge in [0.05, 0.1) is 11.6 Å². The number of halogens is 1. The standard InChI is InChI=1S/C20H20FN3O2/c21-18-2-1-3-19(12-18)26-15-20(25)24-10-8-23(9-11-24)14-17-6-4-16(13-22)5-7-17/h1-7,12H,8-11,14-15H2. The molecule has 1 amide bonds. The fourth-order valence-electron chi connectivity index (χ4n) is 2.89. The van der Waals surface area contributed by atoms with E-state index >= 15 is 0 Å². The zero-order valence-electron chi connectivity index (χ0n) is 14.4. The van der Waals surface area contributed by atoms with E-state index < -0.39 is 0 Å². The maximum atomic E-state index is 13.1. The van der Waals surface area contributed by atoms with E-state index in [4.69, 9.17) is 10.00 Å². The number of hydrogen-bond acceptors (Lipinski definition) is 4. The van der Waals surface area contributed by atoms with Crippen LogP contribution in [0.2, 0.25) is 0 Å². The smallest absolute Gasteiger partial charge is 0.260 e. The first-order valence-electron chi connectivity index (χ1n) is 8.51. The van der Waals surface area contributed by atoms with Crippen molar-refractivity contribution in [1.29, 1.82) is 5.26 Å². The average Bonchev–Trinajstić information content (AvgIpc) is 2.67. The summed E-state index contributed by atoms with van der Waals surface area (Å²) in [7, 11) is 0. The molecule has 1 fully saturated rings. The van der Waals surface area contributed by atoms with Crippen LogP contribution in [-0.2, 0) is 11.3 Å². The van der Waals surface area contributed by atoms with Crippen molar-refractivity contribution in [1.82, 2.24) is 9.80 Å². The monoisotopic (exact) mass is 353 g/mol. The number of carbonyl (C=O) groups is 1. The van der Waals surface area contributed by atoms with Gasteiger partial charge in [0.15, 0.2) is 6.61 Å². The zero-order chi connectivity index (χ0) is 18.4. The minimum absolute atomic E-state index is 0.0843. The van der Waals surface area contributed by atoms with E-state index in [0.29, 0.717) is 24.4 Å². The van der Waals surface area contributed by atoms with E-state index in [-0.39, 0.29) is 18.3 Å². The molecule has 0 unspecified atom stereocenters. The van der Waals surface area contributed by atoms with E-state index in [1.807, 2.05) is 24.3 Å². The van der Waals surface area contributed by atoms with E-state index in [9.17, 15) is 9.18 Å². The van der Waals surface area contributed by atoms with Crippen LogP contribution < -0.4 is 4.74 Å². The molecular weight excluding hydrogens is 333 g/mol. The van der Waals surface area contributed by atoms with Gasteiger partial charge in [-0.25, -0.2) is 4.39 Å². The van der Waals surface area contributed by atoms with Crippen molar-refractivity contribution in [3.05, 3.63) is 65.5 Å². The van der Waals surface area contributed by atoms with Crippen LogP contribution in [-0.4, -0.2) is 48.5 Å². The number of benzene rings is 2. The summed E-state index contributed by atoms with van der Waals surface area (Å²) in [6, 6.07) is 15.5. The molecule has 1 aliphatic rings. The summed E-state index contributed by atoms with van der Waals surface area (Å²) < 4.78 is 18.5. The minimum Gasteiger partial charge on any atom is -0.484 e.